The number of aromatic amines is 1. The molecule has 0 spiro atoms. The summed E-state index contributed by atoms with van der Waals surface area (Å²) >= 11 is 0. The van der Waals surface area contributed by atoms with E-state index in [1.807, 2.05) is 52.4 Å². The summed E-state index contributed by atoms with van der Waals surface area (Å²) in [6, 6.07) is 4.07. The molecule has 0 atom stereocenters. The molecule has 9 heteroatoms. The molecule has 0 saturated carbocycles. The maximum Gasteiger partial charge on any atom is 0.144 e. The van der Waals surface area contributed by atoms with Crippen LogP contribution in [0.15, 0.2) is 16.7 Å². The highest BCUT2D eigenvalue weighted by atomic mass is 16.5. The topological polar surface area (TPSA) is 107 Å². The van der Waals surface area contributed by atoms with Crippen molar-refractivity contribution in [1.29, 1.82) is 0 Å². The quantitative estimate of drug-likeness (QED) is 0.421. The molecule has 0 unspecified atom stereocenters. The molecule has 0 saturated heterocycles. The zero-order valence-electron chi connectivity index (χ0n) is 19.2. The van der Waals surface area contributed by atoms with Crippen LogP contribution >= 0.6 is 0 Å². The van der Waals surface area contributed by atoms with E-state index in [4.69, 9.17) is 14.2 Å². The van der Waals surface area contributed by atoms with Crippen LogP contribution in [0, 0.1) is 34.6 Å². The smallest absolute Gasteiger partial charge is 0.144 e. The number of fused-ring (bicyclic) bond motifs is 3. The molecule has 0 fully saturated rings. The van der Waals surface area contributed by atoms with Crippen molar-refractivity contribution in [3.8, 4) is 16.9 Å². The molecule has 0 aliphatic heterocycles. The number of aryl methyl sites for hydroxylation is 5. The van der Waals surface area contributed by atoms with Crippen LogP contribution in [-0.2, 0) is 7.05 Å². The number of rotatable bonds is 4. The Balaban J connectivity index is 1.77. The molecule has 9 nitrogen and oxygen atoms in total. The van der Waals surface area contributed by atoms with E-state index in [1.165, 1.54) is 0 Å². The number of anilines is 2. The number of hydrogen-bond acceptors (Lipinski definition) is 7. The highest BCUT2D eigenvalue weighted by Gasteiger charge is 2.21. The van der Waals surface area contributed by atoms with Crippen LogP contribution in [0.5, 0.6) is 5.75 Å². The zero-order valence-corrected chi connectivity index (χ0v) is 19.2. The summed E-state index contributed by atoms with van der Waals surface area (Å²) in [5.74, 6) is 2.87. The van der Waals surface area contributed by atoms with Gasteiger partial charge < -0.3 is 19.6 Å². The Morgan fingerprint density at radius 2 is 1.84 bits per heavy atom. The van der Waals surface area contributed by atoms with Crippen molar-refractivity contribution in [3.63, 3.8) is 0 Å². The van der Waals surface area contributed by atoms with Gasteiger partial charge in [-0.05, 0) is 46.8 Å². The standard InChI is InChI=1S/C23H25N7O2/c1-10-19(13(4)32-29-10)16-8-17-15(9-18(16)31-7)20-22(26-17)24-14(5)25-23(20)27-21-11(2)28-30(6)12(21)3/h8-9H,1-7H3,(H2,24,25,26,27). The van der Waals surface area contributed by atoms with Gasteiger partial charge >= 0.3 is 0 Å². The van der Waals surface area contributed by atoms with Crippen LogP contribution in [0.3, 0.4) is 0 Å². The number of nitrogens with zero attached hydrogens (tertiary/aromatic N) is 5. The van der Waals surface area contributed by atoms with E-state index in [2.05, 4.69) is 31.6 Å². The molecule has 0 amide bonds. The summed E-state index contributed by atoms with van der Waals surface area (Å²) in [6.45, 7) is 9.72. The lowest BCUT2D eigenvalue weighted by Gasteiger charge is -2.10. The summed E-state index contributed by atoms with van der Waals surface area (Å²) in [4.78, 5) is 12.8. The van der Waals surface area contributed by atoms with Crippen molar-refractivity contribution in [3.05, 3.63) is 40.8 Å². The maximum atomic E-state index is 5.77. The minimum Gasteiger partial charge on any atom is -0.496 e. The number of hydrogen-bond donors (Lipinski definition) is 2. The Kier molecular flexibility index (Phi) is 4.44. The Bertz CT molecular complexity index is 1490. The van der Waals surface area contributed by atoms with Crippen LogP contribution in [0.25, 0.3) is 33.1 Å². The summed E-state index contributed by atoms with van der Waals surface area (Å²) < 4.78 is 13.0. The normalized spacial score (nSPS) is 11.6. The Hall–Kier alpha value is -3.88. The zero-order chi connectivity index (χ0) is 22.7. The van der Waals surface area contributed by atoms with Crippen LogP contribution in [0.1, 0.15) is 28.7 Å². The average molecular weight is 432 g/mol. The molecule has 5 rings (SSSR count). The molecule has 0 aliphatic carbocycles. The fraction of sp³-hybridized carbons (Fsp3) is 0.304. The molecule has 32 heavy (non-hydrogen) atoms. The average Bonchev–Trinajstić information content (AvgIpc) is 3.35. The molecule has 5 aromatic rings. The van der Waals surface area contributed by atoms with Gasteiger partial charge in [0.2, 0.25) is 0 Å². The fourth-order valence-electron chi connectivity index (χ4n) is 4.33. The molecule has 0 radical (unpaired) electrons. The van der Waals surface area contributed by atoms with Gasteiger partial charge in [-0.3, -0.25) is 4.68 Å². The van der Waals surface area contributed by atoms with Gasteiger partial charge in [-0.2, -0.15) is 5.10 Å². The molecule has 4 heterocycles. The molecular weight excluding hydrogens is 406 g/mol. The maximum absolute atomic E-state index is 5.77. The largest absolute Gasteiger partial charge is 0.496 e. The number of nitrogens with one attached hydrogen (secondary N) is 2. The van der Waals surface area contributed by atoms with Gasteiger partial charge in [-0.25, -0.2) is 9.97 Å². The van der Waals surface area contributed by atoms with Gasteiger partial charge in [0.15, 0.2) is 0 Å². The van der Waals surface area contributed by atoms with Crippen LogP contribution in [-0.4, -0.2) is 37.0 Å². The number of benzene rings is 1. The van der Waals surface area contributed by atoms with Gasteiger partial charge in [0.1, 0.15) is 28.8 Å². The first kappa shape index (κ1) is 20.0. The molecular formula is C23H25N7O2. The second kappa shape index (κ2) is 7.08. The SMILES string of the molecule is COc1cc2c(cc1-c1c(C)noc1C)[nH]c1nc(C)nc(Nc3c(C)nn(C)c3C)c12. The Morgan fingerprint density at radius 3 is 2.47 bits per heavy atom. The molecule has 2 N–H and O–H groups in total. The lowest BCUT2D eigenvalue weighted by atomic mass is 10.0. The lowest BCUT2D eigenvalue weighted by molar-refractivity contribution is 0.393. The fourth-order valence-corrected chi connectivity index (χ4v) is 4.33. The van der Waals surface area contributed by atoms with Gasteiger partial charge in [-0.15, -0.1) is 0 Å². The van der Waals surface area contributed by atoms with Crippen LogP contribution < -0.4 is 10.1 Å². The second-order valence-electron chi connectivity index (χ2n) is 8.06. The number of H-pyrrole nitrogens is 1. The van der Waals surface area contributed by atoms with Crippen molar-refractivity contribution in [2.24, 2.45) is 7.05 Å². The predicted molar refractivity (Wildman–Crippen MR) is 124 cm³/mol. The first-order valence-corrected chi connectivity index (χ1v) is 10.4. The van der Waals surface area contributed by atoms with Crippen molar-refractivity contribution in [2.75, 3.05) is 12.4 Å². The highest BCUT2D eigenvalue weighted by molar-refractivity contribution is 6.13. The highest BCUT2D eigenvalue weighted by Crippen LogP contribution is 2.41. The summed E-state index contributed by atoms with van der Waals surface area (Å²) in [7, 11) is 3.60. The van der Waals surface area contributed by atoms with Crippen LogP contribution in [0.2, 0.25) is 0 Å². The van der Waals surface area contributed by atoms with Crippen molar-refractivity contribution in [2.45, 2.75) is 34.6 Å². The van der Waals surface area contributed by atoms with E-state index in [0.717, 1.165) is 73.2 Å². The van der Waals surface area contributed by atoms with E-state index in [-0.39, 0.29) is 0 Å². The minimum absolute atomic E-state index is 0.670. The third kappa shape index (κ3) is 2.92. The first-order chi connectivity index (χ1) is 15.3. The molecule has 4 aromatic heterocycles. The predicted octanol–water partition coefficient (Wildman–Crippen LogP) is 4.79. The van der Waals surface area contributed by atoms with E-state index in [1.54, 1.807) is 7.11 Å². The number of ether oxygens (including phenoxy) is 1. The molecule has 0 aliphatic rings. The molecule has 164 valence electrons. The summed E-state index contributed by atoms with van der Waals surface area (Å²) in [5, 5.41) is 14.0. The van der Waals surface area contributed by atoms with E-state index >= 15 is 0 Å². The van der Waals surface area contributed by atoms with Gasteiger partial charge in [-0.1, -0.05) is 5.16 Å². The molecule has 1 aromatic carbocycles. The molecule has 0 bridgehead atoms. The monoisotopic (exact) mass is 431 g/mol. The summed E-state index contributed by atoms with van der Waals surface area (Å²) in [6.07, 6.45) is 0. The van der Waals surface area contributed by atoms with E-state index in [9.17, 15) is 0 Å². The third-order valence-corrected chi connectivity index (χ3v) is 5.94. The van der Waals surface area contributed by atoms with Crippen molar-refractivity contribution < 1.29 is 9.26 Å². The lowest BCUT2D eigenvalue weighted by Crippen LogP contribution is -2.00. The van der Waals surface area contributed by atoms with Crippen LogP contribution in [0.4, 0.5) is 11.5 Å². The van der Waals surface area contributed by atoms with Crippen molar-refractivity contribution in [1.82, 2.24) is 29.9 Å². The number of methoxy groups -OCH3 is 1. The second-order valence-corrected chi connectivity index (χ2v) is 8.06. The van der Waals surface area contributed by atoms with Gasteiger partial charge in [0, 0.05) is 23.5 Å². The van der Waals surface area contributed by atoms with Gasteiger partial charge in [0.05, 0.1) is 40.8 Å². The number of aromatic nitrogens is 6. The summed E-state index contributed by atoms with van der Waals surface area (Å²) in [5.41, 5.74) is 7.24. The Labute approximate surface area is 184 Å². The minimum atomic E-state index is 0.670. The first-order valence-electron chi connectivity index (χ1n) is 10.4. The van der Waals surface area contributed by atoms with Crippen molar-refractivity contribution >= 4 is 33.4 Å². The Morgan fingerprint density at radius 1 is 1.06 bits per heavy atom. The third-order valence-electron chi connectivity index (χ3n) is 5.94. The van der Waals surface area contributed by atoms with E-state index in [0.29, 0.717) is 5.82 Å². The van der Waals surface area contributed by atoms with Gasteiger partial charge in [0.25, 0.3) is 0 Å². The van der Waals surface area contributed by atoms with E-state index < -0.39 is 0 Å².